The maximum absolute atomic E-state index is 12.3. The first-order valence-electron chi connectivity index (χ1n) is 8.02. The van der Waals surface area contributed by atoms with Crippen LogP contribution in [0, 0.1) is 6.92 Å². The highest BCUT2D eigenvalue weighted by atomic mass is 16.5. The molecular weight excluding hydrogens is 342 g/mol. The van der Waals surface area contributed by atoms with Crippen LogP contribution in [0.1, 0.15) is 24.5 Å². The van der Waals surface area contributed by atoms with Crippen molar-refractivity contribution in [3.05, 3.63) is 33.7 Å². The molecule has 0 aliphatic carbocycles. The number of hydrogen-bond acceptors (Lipinski definition) is 6. The van der Waals surface area contributed by atoms with Crippen LogP contribution in [0.25, 0.3) is 11.0 Å². The summed E-state index contributed by atoms with van der Waals surface area (Å²) in [5.41, 5.74) is 0.394. The van der Waals surface area contributed by atoms with E-state index in [-0.39, 0.29) is 18.4 Å². The van der Waals surface area contributed by atoms with Crippen molar-refractivity contribution in [2.45, 2.75) is 32.7 Å². The molecule has 26 heavy (non-hydrogen) atoms. The average Bonchev–Trinajstić information content (AvgIpc) is 2.61. The number of amides is 1. The number of hydrogen-bond donors (Lipinski definition) is 2. The minimum Gasteiger partial charge on any atom is -0.493 e. The van der Waals surface area contributed by atoms with Gasteiger partial charge in [-0.2, -0.15) is 0 Å². The highest BCUT2D eigenvalue weighted by molar-refractivity contribution is 5.88. The standard InChI is InChI=1S/C18H21NO7/c1-5-12(17(21)22)19-16(20)7-11-9(2)10-6-14(24-3)15(25-4)8-13(10)26-18(11)23/h6,8,12H,5,7H2,1-4H3,(H,19,20)(H,21,22). The normalized spacial score (nSPS) is 11.8. The second-order valence-electron chi connectivity index (χ2n) is 5.74. The van der Waals surface area contributed by atoms with E-state index in [1.807, 2.05) is 0 Å². The molecule has 2 aromatic rings. The van der Waals surface area contributed by atoms with Gasteiger partial charge in [-0.05, 0) is 25.0 Å². The van der Waals surface area contributed by atoms with Crippen molar-refractivity contribution in [2.75, 3.05) is 14.2 Å². The van der Waals surface area contributed by atoms with E-state index in [2.05, 4.69) is 5.32 Å². The van der Waals surface area contributed by atoms with Gasteiger partial charge in [0.1, 0.15) is 11.6 Å². The molecule has 1 aromatic heterocycles. The molecule has 8 nitrogen and oxygen atoms in total. The summed E-state index contributed by atoms with van der Waals surface area (Å²) in [6.07, 6.45) is -0.0361. The lowest BCUT2D eigenvalue weighted by Crippen LogP contribution is -2.41. The van der Waals surface area contributed by atoms with Crippen molar-refractivity contribution in [1.29, 1.82) is 0 Å². The van der Waals surface area contributed by atoms with E-state index in [1.165, 1.54) is 14.2 Å². The van der Waals surface area contributed by atoms with E-state index >= 15 is 0 Å². The molecule has 1 atom stereocenters. The zero-order valence-electron chi connectivity index (χ0n) is 15.0. The number of methoxy groups -OCH3 is 2. The lowest BCUT2D eigenvalue weighted by molar-refractivity contribution is -0.141. The molecule has 0 aliphatic rings. The second-order valence-corrected chi connectivity index (χ2v) is 5.74. The van der Waals surface area contributed by atoms with E-state index in [1.54, 1.807) is 26.0 Å². The van der Waals surface area contributed by atoms with E-state index < -0.39 is 23.5 Å². The maximum atomic E-state index is 12.3. The Morgan fingerprint density at radius 3 is 2.38 bits per heavy atom. The number of aryl methyl sites for hydroxylation is 1. The molecule has 0 aliphatic heterocycles. The van der Waals surface area contributed by atoms with Crippen LogP contribution in [0.4, 0.5) is 0 Å². The fourth-order valence-electron chi connectivity index (χ4n) is 2.66. The zero-order chi connectivity index (χ0) is 19.4. The van der Waals surface area contributed by atoms with Gasteiger partial charge < -0.3 is 24.3 Å². The Balaban J connectivity index is 2.43. The Labute approximate surface area is 149 Å². The number of ether oxygens (including phenoxy) is 2. The Kier molecular flexibility index (Phi) is 5.86. The number of aliphatic carboxylic acids is 1. The fraction of sp³-hybridized carbons (Fsp3) is 0.389. The highest BCUT2D eigenvalue weighted by Crippen LogP contribution is 2.33. The van der Waals surface area contributed by atoms with E-state index in [9.17, 15) is 14.4 Å². The van der Waals surface area contributed by atoms with Gasteiger partial charge in [0.15, 0.2) is 11.5 Å². The van der Waals surface area contributed by atoms with Gasteiger partial charge in [-0.1, -0.05) is 6.92 Å². The molecule has 0 fully saturated rings. The van der Waals surface area contributed by atoms with Crippen molar-refractivity contribution in [2.24, 2.45) is 0 Å². The summed E-state index contributed by atoms with van der Waals surface area (Å²) in [5, 5.41) is 12.0. The van der Waals surface area contributed by atoms with Crippen LogP contribution in [0.3, 0.4) is 0 Å². The quantitative estimate of drug-likeness (QED) is 0.719. The predicted molar refractivity (Wildman–Crippen MR) is 93.9 cm³/mol. The molecule has 2 N–H and O–H groups in total. The topological polar surface area (TPSA) is 115 Å². The molecule has 1 aromatic carbocycles. The summed E-state index contributed by atoms with van der Waals surface area (Å²) in [4.78, 5) is 35.5. The first kappa shape index (κ1) is 19.3. The van der Waals surface area contributed by atoms with Gasteiger partial charge in [0, 0.05) is 11.5 Å². The Hall–Kier alpha value is -3.03. The number of rotatable bonds is 7. The molecular formula is C18H21NO7. The van der Waals surface area contributed by atoms with Crippen LogP contribution in [0.2, 0.25) is 0 Å². The van der Waals surface area contributed by atoms with Crippen LogP contribution < -0.4 is 20.4 Å². The van der Waals surface area contributed by atoms with Crippen LogP contribution in [0.5, 0.6) is 11.5 Å². The Bertz CT molecular complexity index is 901. The number of carboxylic acid groups (broad SMARTS) is 1. The molecule has 8 heteroatoms. The summed E-state index contributed by atoms with van der Waals surface area (Å²) in [5.74, 6) is -0.806. The number of carbonyl (C=O) groups is 2. The Morgan fingerprint density at radius 2 is 1.85 bits per heavy atom. The predicted octanol–water partition coefficient (Wildman–Crippen LogP) is 1.64. The summed E-state index contributed by atoms with van der Waals surface area (Å²) in [6, 6.07) is 2.21. The number of carbonyl (C=O) groups excluding carboxylic acids is 1. The minimum absolute atomic E-state index is 0.169. The lowest BCUT2D eigenvalue weighted by Gasteiger charge is -2.14. The molecule has 0 bridgehead atoms. The third kappa shape index (κ3) is 3.79. The van der Waals surface area contributed by atoms with Crippen LogP contribution >= 0.6 is 0 Å². The highest BCUT2D eigenvalue weighted by Gasteiger charge is 2.21. The first-order valence-corrected chi connectivity index (χ1v) is 8.02. The SMILES string of the molecule is CCC(NC(=O)Cc1c(C)c2cc(OC)c(OC)cc2oc1=O)C(=O)O. The molecule has 1 unspecified atom stereocenters. The third-order valence-corrected chi connectivity index (χ3v) is 4.17. The molecule has 0 saturated heterocycles. The smallest absolute Gasteiger partial charge is 0.340 e. The van der Waals surface area contributed by atoms with Gasteiger partial charge in [-0.3, -0.25) is 4.79 Å². The van der Waals surface area contributed by atoms with Crippen molar-refractivity contribution in [1.82, 2.24) is 5.32 Å². The van der Waals surface area contributed by atoms with Gasteiger partial charge in [-0.15, -0.1) is 0 Å². The molecule has 1 amide bonds. The second kappa shape index (κ2) is 7.90. The monoisotopic (exact) mass is 363 g/mol. The van der Waals surface area contributed by atoms with Gasteiger partial charge in [0.25, 0.3) is 0 Å². The zero-order valence-corrected chi connectivity index (χ0v) is 15.0. The van der Waals surface area contributed by atoms with E-state index in [4.69, 9.17) is 19.0 Å². The van der Waals surface area contributed by atoms with Crippen molar-refractivity contribution in [3.8, 4) is 11.5 Å². The summed E-state index contributed by atoms with van der Waals surface area (Å²) < 4.78 is 15.8. The molecule has 0 spiro atoms. The minimum atomic E-state index is -1.13. The van der Waals surface area contributed by atoms with E-state index in [0.29, 0.717) is 28.0 Å². The molecule has 0 radical (unpaired) electrons. The van der Waals surface area contributed by atoms with Crippen LogP contribution in [-0.4, -0.2) is 37.2 Å². The van der Waals surface area contributed by atoms with Gasteiger partial charge >= 0.3 is 11.6 Å². The van der Waals surface area contributed by atoms with Gasteiger partial charge in [0.05, 0.1) is 26.2 Å². The number of carboxylic acids is 1. The summed E-state index contributed by atoms with van der Waals surface area (Å²) in [6.45, 7) is 3.34. The molecule has 0 saturated carbocycles. The number of fused-ring (bicyclic) bond motifs is 1. The summed E-state index contributed by atoms with van der Waals surface area (Å²) >= 11 is 0. The number of benzene rings is 1. The number of nitrogens with one attached hydrogen (secondary N) is 1. The molecule has 1 heterocycles. The van der Waals surface area contributed by atoms with Crippen molar-refractivity contribution >= 4 is 22.8 Å². The molecule has 140 valence electrons. The maximum Gasteiger partial charge on any atom is 0.340 e. The van der Waals surface area contributed by atoms with Crippen LogP contribution in [0.15, 0.2) is 21.3 Å². The fourth-order valence-corrected chi connectivity index (χ4v) is 2.66. The lowest BCUT2D eigenvalue weighted by atomic mass is 10.0. The Morgan fingerprint density at radius 1 is 1.23 bits per heavy atom. The van der Waals surface area contributed by atoms with Gasteiger partial charge in [0.2, 0.25) is 5.91 Å². The first-order chi connectivity index (χ1) is 12.3. The van der Waals surface area contributed by atoms with E-state index in [0.717, 1.165) is 0 Å². The summed E-state index contributed by atoms with van der Waals surface area (Å²) in [7, 11) is 2.96. The van der Waals surface area contributed by atoms with Crippen molar-refractivity contribution < 1.29 is 28.6 Å². The molecule has 2 rings (SSSR count). The van der Waals surface area contributed by atoms with Gasteiger partial charge in [-0.25, -0.2) is 9.59 Å². The average molecular weight is 363 g/mol. The van der Waals surface area contributed by atoms with Crippen LogP contribution in [-0.2, 0) is 16.0 Å². The van der Waals surface area contributed by atoms with Crippen molar-refractivity contribution in [3.63, 3.8) is 0 Å². The largest absolute Gasteiger partial charge is 0.493 e. The third-order valence-electron chi connectivity index (χ3n) is 4.17.